The lowest BCUT2D eigenvalue weighted by Gasteiger charge is -2.20. The van der Waals surface area contributed by atoms with Crippen LogP contribution in [0.1, 0.15) is 59.8 Å². The third-order valence-electron chi connectivity index (χ3n) is 2.19. The fourth-order valence-electron chi connectivity index (χ4n) is 1.23. The van der Waals surface area contributed by atoms with E-state index < -0.39 is 0 Å². The number of hydrogen-bond acceptors (Lipinski definition) is 1. The molecule has 1 unspecified atom stereocenters. The number of rotatable bonds is 5. The molecule has 0 radical (unpaired) electrons. The average molecular weight is 171 g/mol. The Bertz CT molecular complexity index is 102. The van der Waals surface area contributed by atoms with E-state index in [1.54, 1.807) is 0 Å². The number of nitrogens with two attached hydrogens (primary N) is 1. The van der Waals surface area contributed by atoms with Crippen molar-refractivity contribution < 1.29 is 0 Å². The highest BCUT2D eigenvalue weighted by Gasteiger charge is 2.12. The van der Waals surface area contributed by atoms with Gasteiger partial charge in [-0.3, -0.25) is 0 Å². The molecule has 0 heterocycles. The summed E-state index contributed by atoms with van der Waals surface area (Å²) in [4.78, 5) is 0. The summed E-state index contributed by atoms with van der Waals surface area (Å²) in [6.07, 6.45) is 6.18. The first-order valence-electron chi connectivity index (χ1n) is 5.21. The molecule has 0 rings (SSSR count). The van der Waals surface area contributed by atoms with E-state index in [0.29, 0.717) is 11.5 Å². The molecule has 0 aromatic rings. The van der Waals surface area contributed by atoms with Crippen molar-refractivity contribution in [1.29, 1.82) is 0 Å². The highest BCUT2D eigenvalue weighted by Crippen LogP contribution is 2.22. The Morgan fingerprint density at radius 2 is 1.75 bits per heavy atom. The molecule has 0 aromatic heterocycles. The minimum Gasteiger partial charge on any atom is -0.328 e. The molecule has 0 saturated carbocycles. The Kier molecular flexibility index (Phi) is 5.56. The van der Waals surface area contributed by atoms with Crippen LogP contribution in [0.3, 0.4) is 0 Å². The molecule has 0 aliphatic rings. The molecule has 0 aliphatic heterocycles. The van der Waals surface area contributed by atoms with Gasteiger partial charge >= 0.3 is 0 Å². The molecular weight excluding hydrogens is 146 g/mol. The van der Waals surface area contributed by atoms with Crippen LogP contribution in [0, 0.1) is 5.41 Å². The van der Waals surface area contributed by atoms with Crippen LogP contribution < -0.4 is 5.73 Å². The monoisotopic (exact) mass is 171 g/mol. The summed E-state index contributed by atoms with van der Waals surface area (Å²) in [5, 5.41) is 0. The molecule has 0 amide bonds. The second-order valence-corrected chi connectivity index (χ2v) is 5.00. The zero-order valence-electron chi connectivity index (χ0n) is 9.19. The molecule has 0 aliphatic carbocycles. The SMILES string of the molecule is CCCCC(N)CCC(C)(C)C. The van der Waals surface area contributed by atoms with Crippen molar-refractivity contribution >= 4 is 0 Å². The van der Waals surface area contributed by atoms with E-state index in [-0.39, 0.29) is 0 Å². The van der Waals surface area contributed by atoms with Crippen molar-refractivity contribution in [2.75, 3.05) is 0 Å². The van der Waals surface area contributed by atoms with Crippen molar-refractivity contribution in [3.63, 3.8) is 0 Å². The van der Waals surface area contributed by atoms with Crippen molar-refractivity contribution in [3.8, 4) is 0 Å². The van der Waals surface area contributed by atoms with Crippen molar-refractivity contribution in [2.24, 2.45) is 11.1 Å². The molecule has 0 spiro atoms. The van der Waals surface area contributed by atoms with Gasteiger partial charge in [0.15, 0.2) is 0 Å². The third kappa shape index (κ3) is 8.06. The van der Waals surface area contributed by atoms with E-state index in [4.69, 9.17) is 5.73 Å². The van der Waals surface area contributed by atoms with Gasteiger partial charge in [0.05, 0.1) is 0 Å². The van der Waals surface area contributed by atoms with Gasteiger partial charge in [-0.05, 0) is 24.7 Å². The van der Waals surface area contributed by atoms with Gasteiger partial charge in [-0.15, -0.1) is 0 Å². The second-order valence-electron chi connectivity index (χ2n) is 5.00. The van der Waals surface area contributed by atoms with Crippen LogP contribution >= 0.6 is 0 Å². The molecule has 1 heteroatoms. The maximum absolute atomic E-state index is 5.97. The lowest BCUT2D eigenvalue weighted by atomic mass is 9.88. The predicted molar refractivity (Wildman–Crippen MR) is 56.2 cm³/mol. The van der Waals surface area contributed by atoms with Crippen LogP contribution in [0.15, 0.2) is 0 Å². The first kappa shape index (κ1) is 12.0. The Balaban J connectivity index is 3.37. The number of hydrogen-bond donors (Lipinski definition) is 1. The van der Waals surface area contributed by atoms with Crippen LogP contribution in [-0.4, -0.2) is 6.04 Å². The molecule has 0 aromatic carbocycles. The molecule has 12 heavy (non-hydrogen) atoms. The van der Waals surface area contributed by atoms with E-state index in [9.17, 15) is 0 Å². The lowest BCUT2D eigenvalue weighted by Crippen LogP contribution is -2.22. The fraction of sp³-hybridized carbons (Fsp3) is 1.00. The van der Waals surface area contributed by atoms with Crippen molar-refractivity contribution in [1.82, 2.24) is 0 Å². The molecule has 1 nitrogen and oxygen atoms in total. The Labute approximate surface area is 77.7 Å². The van der Waals surface area contributed by atoms with Crippen LogP contribution in [0.2, 0.25) is 0 Å². The third-order valence-corrected chi connectivity index (χ3v) is 2.19. The fourth-order valence-corrected chi connectivity index (χ4v) is 1.23. The summed E-state index contributed by atoms with van der Waals surface area (Å²) in [6.45, 7) is 9.05. The second kappa shape index (κ2) is 5.58. The Hall–Kier alpha value is -0.0400. The van der Waals surface area contributed by atoms with Crippen molar-refractivity contribution in [2.45, 2.75) is 65.8 Å². The Morgan fingerprint density at radius 3 is 2.17 bits per heavy atom. The minimum absolute atomic E-state index is 0.434. The Morgan fingerprint density at radius 1 is 1.17 bits per heavy atom. The first-order valence-corrected chi connectivity index (χ1v) is 5.21. The summed E-state index contributed by atoms with van der Waals surface area (Å²) in [6, 6.07) is 0.434. The van der Waals surface area contributed by atoms with Gasteiger partial charge in [0.1, 0.15) is 0 Å². The van der Waals surface area contributed by atoms with Crippen LogP contribution in [0.25, 0.3) is 0 Å². The highest BCUT2D eigenvalue weighted by atomic mass is 14.6. The van der Waals surface area contributed by atoms with E-state index in [0.717, 1.165) is 0 Å². The van der Waals surface area contributed by atoms with Gasteiger partial charge in [-0.1, -0.05) is 40.5 Å². The zero-order chi connectivity index (χ0) is 9.61. The molecule has 2 N–H and O–H groups in total. The predicted octanol–water partition coefficient (Wildman–Crippen LogP) is 3.33. The maximum atomic E-state index is 5.97. The first-order chi connectivity index (χ1) is 5.45. The van der Waals surface area contributed by atoms with E-state index >= 15 is 0 Å². The zero-order valence-corrected chi connectivity index (χ0v) is 9.19. The van der Waals surface area contributed by atoms with Gasteiger partial charge in [0.2, 0.25) is 0 Å². The average Bonchev–Trinajstić information content (AvgIpc) is 1.95. The van der Waals surface area contributed by atoms with Gasteiger partial charge in [0, 0.05) is 6.04 Å². The maximum Gasteiger partial charge on any atom is 0.00390 e. The normalized spacial score (nSPS) is 14.8. The summed E-state index contributed by atoms with van der Waals surface area (Å²) >= 11 is 0. The molecule has 0 saturated heterocycles. The minimum atomic E-state index is 0.434. The van der Waals surface area contributed by atoms with Gasteiger partial charge in [-0.2, -0.15) is 0 Å². The lowest BCUT2D eigenvalue weighted by molar-refractivity contribution is 0.341. The summed E-state index contributed by atoms with van der Waals surface area (Å²) < 4.78 is 0. The summed E-state index contributed by atoms with van der Waals surface area (Å²) in [5.41, 5.74) is 6.42. The van der Waals surface area contributed by atoms with Crippen LogP contribution in [0.4, 0.5) is 0 Å². The summed E-state index contributed by atoms with van der Waals surface area (Å²) in [7, 11) is 0. The van der Waals surface area contributed by atoms with E-state index in [1.807, 2.05) is 0 Å². The smallest absolute Gasteiger partial charge is 0.00390 e. The standard InChI is InChI=1S/C11H25N/c1-5-6-7-10(12)8-9-11(2,3)4/h10H,5-9,12H2,1-4H3. The topological polar surface area (TPSA) is 26.0 Å². The highest BCUT2D eigenvalue weighted by molar-refractivity contribution is 4.67. The van der Waals surface area contributed by atoms with Gasteiger partial charge in [-0.25, -0.2) is 0 Å². The van der Waals surface area contributed by atoms with E-state index in [1.165, 1.54) is 32.1 Å². The quantitative estimate of drug-likeness (QED) is 0.674. The largest absolute Gasteiger partial charge is 0.328 e. The molecule has 1 atom stereocenters. The molecule has 74 valence electrons. The molecule has 0 bridgehead atoms. The van der Waals surface area contributed by atoms with Gasteiger partial charge in [0.25, 0.3) is 0 Å². The molecule has 0 fully saturated rings. The van der Waals surface area contributed by atoms with Crippen LogP contribution in [0.5, 0.6) is 0 Å². The van der Waals surface area contributed by atoms with Crippen LogP contribution in [-0.2, 0) is 0 Å². The molecular formula is C11H25N. The summed E-state index contributed by atoms with van der Waals surface area (Å²) in [5.74, 6) is 0. The van der Waals surface area contributed by atoms with Gasteiger partial charge < -0.3 is 5.73 Å². The van der Waals surface area contributed by atoms with Crippen molar-refractivity contribution in [3.05, 3.63) is 0 Å². The van der Waals surface area contributed by atoms with E-state index in [2.05, 4.69) is 27.7 Å². The number of unbranched alkanes of at least 4 members (excludes halogenated alkanes) is 1.